The van der Waals surface area contributed by atoms with Crippen molar-refractivity contribution < 1.29 is 9.84 Å². The predicted molar refractivity (Wildman–Crippen MR) is 73.8 cm³/mol. The van der Waals surface area contributed by atoms with Crippen LogP contribution in [0.4, 0.5) is 0 Å². The molecule has 1 aromatic carbocycles. The normalized spacial score (nSPS) is 14.4. The fraction of sp³-hybridized carbons (Fsp3) is 0.538. The van der Waals surface area contributed by atoms with Gasteiger partial charge in [-0.15, -0.1) is 0 Å². The molecule has 0 saturated carbocycles. The molecule has 0 bridgehead atoms. The van der Waals surface area contributed by atoms with Crippen LogP contribution in [-0.4, -0.2) is 36.8 Å². The van der Waals surface area contributed by atoms with Crippen molar-refractivity contribution in [1.82, 2.24) is 5.32 Å². The van der Waals surface area contributed by atoms with Crippen LogP contribution in [0.3, 0.4) is 0 Å². The average Bonchev–Trinajstić information content (AvgIpc) is 2.36. The first kappa shape index (κ1) is 14.4. The molecule has 3 nitrogen and oxygen atoms in total. The van der Waals surface area contributed by atoms with E-state index in [0.717, 1.165) is 17.1 Å². The van der Waals surface area contributed by atoms with Crippen LogP contribution in [0.5, 0.6) is 5.75 Å². The number of aliphatic hydroxyl groups is 1. The van der Waals surface area contributed by atoms with Crippen LogP contribution in [0.2, 0.25) is 0 Å². The molecular formula is C13H21NO2S. The van der Waals surface area contributed by atoms with Gasteiger partial charge in [0.2, 0.25) is 0 Å². The van der Waals surface area contributed by atoms with Gasteiger partial charge in [-0.1, -0.05) is 12.1 Å². The summed E-state index contributed by atoms with van der Waals surface area (Å²) in [5, 5.41) is 13.3. The third-order valence-electron chi connectivity index (χ3n) is 2.58. The summed E-state index contributed by atoms with van der Waals surface area (Å²) in [6.07, 6.45) is 1.61. The summed E-state index contributed by atoms with van der Waals surface area (Å²) in [4.78, 5) is 0. The van der Waals surface area contributed by atoms with Crippen molar-refractivity contribution in [3.8, 4) is 5.75 Å². The van der Waals surface area contributed by atoms with E-state index in [1.165, 1.54) is 0 Å². The number of methoxy groups -OCH3 is 1. The average molecular weight is 255 g/mol. The molecule has 1 aromatic rings. The van der Waals surface area contributed by atoms with Crippen LogP contribution in [0.1, 0.15) is 18.6 Å². The molecule has 0 heterocycles. The number of benzene rings is 1. The lowest BCUT2D eigenvalue weighted by Gasteiger charge is -2.16. The molecule has 1 rings (SSSR count). The van der Waals surface area contributed by atoms with E-state index < -0.39 is 6.10 Å². The highest BCUT2D eigenvalue weighted by molar-refractivity contribution is 7.98. The molecule has 2 unspecified atom stereocenters. The summed E-state index contributed by atoms with van der Waals surface area (Å²) in [6, 6.07) is 7.93. The van der Waals surface area contributed by atoms with E-state index >= 15 is 0 Å². The van der Waals surface area contributed by atoms with Gasteiger partial charge in [-0.2, -0.15) is 11.8 Å². The van der Waals surface area contributed by atoms with Crippen molar-refractivity contribution >= 4 is 11.8 Å². The van der Waals surface area contributed by atoms with Crippen LogP contribution in [0, 0.1) is 0 Å². The minimum absolute atomic E-state index is 0.415. The Morgan fingerprint density at radius 1 is 1.35 bits per heavy atom. The van der Waals surface area contributed by atoms with Gasteiger partial charge in [0.1, 0.15) is 5.75 Å². The molecule has 17 heavy (non-hydrogen) atoms. The van der Waals surface area contributed by atoms with Gasteiger partial charge in [0, 0.05) is 18.3 Å². The third-order valence-corrected chi connectivity index (χ3v) is 3.41. The molecule has 0 saturated heterocycles. The van der Waals surface area contributed by atoms with Gasteiger partial charge >= 0.3 is 0 Å². The van der Waals surface area contributed by atoms with Crippen molar-refractivity contribution in [3.63, 3.8) is 0 Å². The van der Waals surface area contributed by atoms with Crippen molar-refractivity contribution in [2.75, 3.05) is 25.7 Å². The molecule has 0 aliphatic rings. The molecule has 4 heteroatoms. The van der Waals surface area contributed by atoms with Gasteiger partial charge in [-0.25, -0.2) is 0 Å². The molecule has 0 spiro atoms. The summed E-state index contributed by atoms with van der Waals surface area (Å²) >= 11 is 1.80. The Kier molecular flexibility index (Phi) is 6.40. The Hall–Kier alpha value is -0.710. The van der Waals surface area contributed by atoms with Crippen molar-refractivity contribution in [3.05, 3.63) is 29.8 Å². The van der Waals surface area contributed by atoms with E-state index in [1.807, 2.05) is 24.3 Å². The largest absolute Gasteiger partial charge is 0.497 e. The Labute approximate surface area is 108 Å². The first-order valence-corrected chi connectivity index (χ1v) is 7.11. The number of nitrogens with one attached hydrogen (secondary N) is 1. The fourth-order valence-corrected chi connectivity index (χ4v) is 2.18. The summed E-state index contributed by atoms with van der Waals surface area (Å²) in [7, 11) is 1.64. The molecule has 0 aliphatic carbocycles. The topological polar surface area (TPSA) is 41.5 Å². The van der Waals surface area contributed by atoms with Gasteiger partial charge in [-0.05, 0) is 30.9 Å². The second-order valence-corrected chi connectivity index (χ2v) is 4.96. The minimum atomic E-state index is -0.467. The number of aliphatic hydroxyl groups excluding tert-OH is 1. The highest BCUT2D eigenvalue weighted by atomic mass is 32.2. The van der Waals surface area contributed by atoms with E-state index in [4.69, 9.17) is 4.74 Å². The molecule has 0 aliphatic heterocycles. The standard InChI is InChI=1S/C13H21NO2S/c1-10(9-17-3)14-8-13(15)11-4-6-12(16-2)7-5-11/h4-7,10,13-15H,8-9H2,1-3H3. The third kappa shape index (κ3) is 4.98. The fourth-order valence-electron chi connectivity index (χ4n) is 1.57. The molecule has 0 radical (unpaired) electrons. The van der Waals surface area contributed by atoms with Gasteiger partial charge in [0.05, 0.1) is 13.2 Å². The first-order valence-electron chi connectivity index (χ1n) is 5.71. The lowest BCUT2D eigenvalue weighted by atomic mass is 10.1. The van der Waals surface area contributed by atoms with Gasteiger partial charge in [-0.3, -0.25) is 0 Å². The maximum Gasteiger partial charge on any atom is 0.118 e. The van der Waals surface area contributed by atoms with Crippen LogP contribution < -0.4 is 10.1 Å². The van der Waals surface area contributed by atoms with Crippen LogP contribution in [-0.2, 0) is 0 Å². The number of ether oxygens (including phenoxy) is 1. The maximum absolute atomic E-state index is 9.99. The minimum Gasteiger partial charge on any atom is -0.497 e. The molecule has 2 N–H and O–H groups in total. The quantitative estimate of drug-likeness (QED) is 0.782. The SMILES string of the molecule is COc1ccc(C(O)CNC(C)CSC)cc1. The van der Waals surface area contributed by atoms with Gasteiger partial charge in [0.25, 0.3) is 0 Å². The molecule has 96 valence electrons. The second kappa shape index (κ2) is 7.58. The van der Waals surface area contributed by atoms with Gasteiger partial charge in [0.15, 0.2) is 0 Å². The van der Waals surface area contributed by atoms with E-state index in [9.17, 15) is 5.11 Å². The molecular weight excluding hydrogens is 234 g/mol. The van der Waals surface area contributed by atoms with E-state index in [-0.39, 0.29) is 0 Å². The lowest BCUT2D eigenvalue weighted by Crippen LogP contribution is -2.32. The number of hydrogen-bond acceptors (Lipinski definition) is 4. The lowest BCUT2D eigenvalue weighted by molar-refractivity contribution is 0.172. The first-order chi connectivity index (χ1) is 8.17. The Balaban J connectivity index is 2.43. The molecule has 0 fully saturated rings. The Bertz CT molecular complexity index is 316. The summed E-state index contributed by atoms with van der Waals surface area (Å²) < 4.78 is 5.08. The van der Waals surface area contributed by atoms with E-state index in [2.05, 4.69) is 18.5 Å². The monoisotopic (exact) mass is 255 g/mol. The predicted octanol–water partition coefficient (Wildman–Crippen LogP) is 2.07. The molecule has 0 amide bonds. The Morgan fingerprint density at radius 3 is 2.53 bits per heavy atom. The smallest absolute Gasteiger partial charge is 0.118 e. The van der Waals surface area contributed by atoms with Crippen molar-refractivity contribution in [1.29, 1.82) is 0 Å². The Morgan fingerprint density at radius 2 is 2.00 bits per heavy atom. The van der Waals surface area contributed by atoms with Crippen molar-refractivity contribution in [2.24, 2.45) is 0 Å². The molecule has 0 aromatic heterocycles. The zero-order valence-electron chi connectivity index (χ0n) is 10.6. The maximum atomic E-state index is 9.99. The zero-order valence-corrected chi connectivity index (χ0v) is 11.5. The highest BCUT2D eigenvalue weighted by Gasteiger charge is 2.09. The van der Waals surface area contributed by atoms with E-state index in [1.54, 1.807) is 18.9 Å². The summed E-state index contributed by atoms with van der Waals surface area (Å²) in [5.41, 5.74) is 0.912. The highest BCUT2D eigenvalue weighted by Crippen LogP contribution is 2.17. The number of thioether (sulfide) groups is 1. The zero-order chi connectivity index (χ0) is 12.7. The van der Waals surface area contributed by atoms with E-state index in [0.29, 0.717) is 12.6 Å². The number of rotatable bonds is 7. The van der Waals surface area contributed by atoms with Crippen LogP contribution in [0.15, 0.2) is 24.3 Å². The van der Waals surface area contributed by atoms with Crippen LogP contribution in [0.25, 0.3) is 0 Å². The second-order valence-electron chi connectivity index (χ2n) is 4.05. The summed E-state index contributed by atoms with van der Waals surface area (Å²) in [6.45, 7) is 2.70. The van der Waals surface area contributed by atoms with Crippen LogP contribution >= 0.6 is 11.8 Å². The number of hydrogen-bond donors (Lipinski definition) is 2. The molecule has 2 atom stereocenters. The van der Waals surface area contributed by atoms with Gasteiger partial charge < -0.3 is 15.2 Å². The summed E-state index contributed by atoms with van der Waals surface area (Å²) in [5.74, 6) is 1.86. The van der Waals surface area contributed by atoms with Crippen molar-refractivity contribution in [2.45, 2.75) is 19.1 Å².